The molecule has 0 bridgehead atoms. The first-order valence-electron chi connectivity index (χ1n) is 6.80. The Bertz CT molecular complexity index is 799. The third kappa shape index (κ3) is 1.63. The van der Waals surface area contributed by atoms with Gasteiger partial charge in [0.15, 0.2) is 0 Å². The molecule has 3 heteroatoms. The summed E-state index contributed by atoms with van der Waals surface area (Å²) < 4.78 is 0. The molecule has 3 nitrogen and oxygen atoms in total. The summed E-state index contributed by atoms with van der Waals surface area (Å²) in [6.07, 6.45) is 0. The van der Waals surface area contributed by atoms with Crippen LogP contribution in [0.3, 0.4) is 0 Å². The zero-order valence-electron chi connectivity index (χ0n) is 11.2. The Morgan fingerprint density at radius 2 is 1.70 bits per heavy atom. The predicted molar refractivity (Wildman–Crippen MR) is 83.3 cm³/mol. The van der Waals surface area contributed by atoms with Gasteiger partial charge in [0.25, 0.3) is 0 Å². The van der Waals surface area contributed by atoms with Gasteiger partial charge in [-0.2, -0.15) is 0 Å². The number of fused-ring (bicyclic) bond motifs is 3. The number of para-hydroxylation sites is 1. The summed E-state index contributed by atoms with van der Waals surface area (Å²) in [5, 5.41) is 4.58. The standard InChI is InChI=1S/C17H15N3/c1-11-18-16(12-7-3-2-4-8-12)15-13-9-5-6-10-14(13)20-17(15)19-11/h2-10,16,20H,1H3,(H,18,19). The molecule has 2 N–H and O–H groups in total. The van der Waals surface area contributed by atoms with Crippen LogP contribution in [0.25, 0.3) is 10.9 Å². The summed E-state index contributed by atoms with van der Waals surface area (Å²) in [5.74, 6) is 2.01. The highest BCUT2D eigenvalue weighted by Crippen LogP contribution is 2.39. The van der Waals surface area contributed by atoms with Crippen molar-refractivity contribution in [2.45, 2.75) is 13.0 Å². The molecule has 98 valence electrons. The number of aromatic amines is 1. The molecule has 1 aliphatic heterocycles. The molecule has 0 saturated carbocycles. The number of amidine groups is 1. The highest BCUT2D eigenvalue weighted by Gasteiger charge is 2.25. The van der Waals surface area contributed by atoms with Crippen molar-refractivity contribution in [2.24, 2.45) is 4.99 Å². The average molecular weight is 261 g/mol. The number of hydrogen-bond donors (Lipinski definition) is 2. The zero-order chi connectivity index (χ0) is 13.5. The Morgan fingerprint density at radius 3 is 2.55 bits per heavy atom. The molecule has 0 spiro atoms. The second-order valence-corrected chi connectivity index (χ2v) is 5.11. The maximum Gasteiger partial charge on any atom is 0.115 e. The topological polar surface area (TPSA) is 40.2 Å². The molecule has 0 aliphatic carbocycles. The third-order valence-corrected chi connectivity index (χ3v) is 3.76. The fourth-order valence-corrected chi connectivity index (χ4v) is 2.89. The van der Waals surface area contributed by atoms with E-state index in [4.69, 9.17) is 4.99 Å². The minimum absolute atomic E-state index is 0.0589. The molecule has 1 aromatic heterocycles. The summed E-state index contributed by atoms with van der Waals surface area (Å²) in [4.78, 5) is 8.26. The molecule has 1 unspecified atom stereocenters. The molecule has 1 atom stereocenters. The molecule has 1 aliphatic rings. The van der Waals surface area contributed by atoms with E-state index in [-0.39, 0.29) is 6.04 Å². The van der Waals surface area contributed by atoms with Crippen molar-refractivity contribution in [2.75, 3.05) is 5.32 Å². The quantitative estimate of drug-likeness (QED) is 0.680. The van der Waals surface area contributed by atoms with E-state index in [1.165, 1.54) is 16.5 Å². The molecule has 2 heterocycles. The second kappa shape index (κ2) is 4.23. The highest BCUT2D eigenvalue weighted by molar-refractivity contribution is 6.01. The molecule has 0 saturated heterocycles. The number of nitrogens with one attached hydrogen (secondary N) is 2. The van der Waals surface area contributed by atoms with Crippen LogP contribution in [0.5, 0.6) is 0 Å². The van der Waals surface area contributed by atoms with Gasteiger partial charge in [-0.15, -0.1) is 0 Å². The van der Waals surface area contributed by atoms with Crippen LogP contribution in [-0.4, -0.2) is 10.8 Å². The maximum atomic E-state index is 4.80. The summed E-state index contributed by atoms with van der Waals surface area (Å²) in [7, 11) is 0. The second-order valence-electron chi connectivity index (χ2n) is 5.11. The van der Waals surface area contributed by atoms with Gasteiger partial charge in [-0.1, -0.05) is 48.5 Å². The number of hydrogen-bond acceptors (Lipinski definition) is 2. The van der Waals surface area contributed by atoms with E-state index in [0.717, 1.165) is 17.2 Å². The van der Waals surface area contributed by atoms with Crippen molar-refractivity contribution < 1.29 is 0 Å². The largest absolute Gasteiger partial charge is 0.341 e. The summed E-state index contributed by atoms with van der Waals surface area (Å²) in [6.45, 7) is 2.00. The van der Waals surface area contributed by atoms with Gasteiger partial charge in [0.1, 0.15) is 11.9 Å². The first-order chi connectivity index (χ1) is 9.83. The van der Waals surface area contributed by atoms with Crippen molar-refractivity contribution in [1.82, 2.24) is 4.98 Å². The lowest BCUT2D eigenvalue weighted by atomic mass is 9.97. The van der Waals surface area contributed by atoms with Crippen molar-refractivity contribution in [3.8, 4) is 0 Å². The number of aromatic nitrogens is 1. The summed E-state index contributed by atoms with van der Waals surface area (Å²) >= 11 is 0. The summed E-state index contributed by atoms with van der Waals surface area (Å²) in [5.41, 5.74) is 3.60. The van der Waals surface area contributed by atoms with Gasteiger partial charge >= 0.3 is 0 Å². The Kier molecular flexibility index (Phi) is 2.39. The molecular weight excluding hydrogens is 246 g/mol. The SMILES string of the molecule is CC1=NC(c2ccccc2)c2c([nH]c3ccccc23)N1. The van der Waals surface area contributed by atoms with Crippen molar-refractivity contribution >= 4 is 22.6 Å². The number of nitrogens with zero attached hydrogens (tertiary/aromatic N) is 1. The molecule has 0 amide bonds. The van der Waals surface area contributed by atoms with Crippen molar-refractivity contribution in [3.05, 3.63) is 65.7 Å². The zero-order valence-corrected chi connectivity index (χ0v) is 11.2. The van der Waals surface area contributed by atoms with E-state index < -0.39 is 0 Å². The first-order valence-corrected chi connectivity index (χ1v) is 6.80. The van der Waals surface area contributed by atoms with Gasteiger partial charge in [-0.3, -0.25) is 4.99 Å². The maximum absolute atomic E-state index is 4.80. The number of aliphatic imine (C=N–C) groups is 1. The number of benzene rings is 2. The van der Waals surface area contributed by atoms with Gasteiger partial charge in [0.2, 0.25) is 0 Å². The number of anilines is 1. The van der Waals surface area contributed by atoms with E-state index in [2.05, 4.69) is 58.8 Å². The predicted octanol–water partition coefficient (Wildman–Crippen LogP) is 4.10. The van der Waals surface area contributed by atoms with Gasteiger partial charge < -0.3 is 10.3 Å². The van der Waals surface area contributed by atoms with Crippen LogP contribution in [0, 0.1) is 0 Å². The smallest absolute Gasteiger partial charge is 0.115 e. The molecule has 2 aromatic carbocycles. The molecule has 4 rings (SSSR count). The molecule has 0 fully saturated rings. The lowest BCUT2D eigenvalue weighted by Gasteiger charge is -2.21. The molecule has 0 radical (unpaired) electrons. The number of H-pyrrole nitrogens is 1. The number of rotatable bonds is 1. The van der Waals surface area contributed by atoms with Gasteiger partial charge in [0.05, 0.1) is 5.84 Å². The molecular formula is C17H15N3. The Balaban J connectivity index is 1.98. The van der Waals surface area contributed by atoms with Crippen LogP contribution >= 0.6 is 0 Å². The van der Waals surface area contributed by atoms with E-state index >= 15 is 0 Å². The lowest BCUT2D eigenvalue weighted by Crippen LogP contribution is -2.17. The van der Waals surface area contributed by atoms with Crippen LogP contribution in [-0.2, 0) is 0 Å². The average Bonchev–Trinajstić information content (AvgIpc) is 2.85. The fourth-order valence-electron chi connectivity index (χ4n) is 2.89. The van der Waals surface area contributed by atoms with E-state index in [1.54, 1.807) is 0 Å². The van der Waals surface area contributed by atoms with Crippen molar-refractivity contribution in [1.29, 1.82) is 0 Å². The van der Waals surface area contributed by atoms with Crippen LogP contribution in [0.4, 0.5) is 5.82 Å². The van der Waals surface area contributed by atoms with Crippen molar-refractivity contribution in [3.63, 3.8) is 0 Å². The minimum Gasteiger partial charge on any atom is -0.341 e. The van der Waals surface area contributed by atoms with Crippen LogP contribution in [0.1, 0.15) is 24.1 Å². The first kappa shape index (κ1) is 11.3. The van der Waals surface area contributed by atoms with Crippen LogP contribution < -0.4 is 5.32 Å². The molecule has 20 heavy (non-hydrogen) atoms. The van der Waals surface area contributed by atoms with Gasteiger partial charge in [-0.25, -0.2) is 0 Å². The Labute approximate surface area is 117 Å². The highest BCUT2D eigenvalue weighted by atomic mass is 15.1. The lowest BCUT2D eigenvalue weighted by molar-refractivity contribution is 0.869. The monoisotopic (exact) mass is 261 g/mol. The summed E-state index contributed by atoms with van der Waals surface area (Å²) in [6, 6.07) is 18.9. The van der Waals surface area contributed by atoms with E-state index in [1.807, 2.05) is 13.0 Å². The third-order valence-electron chi connectivity index (χ3n) is 3.76. The Hall–Kier alpha value is -2.55. The fraction of sp³-hybridized carbons (Fsp3) is 0.118. The minimum atomic E-state index is 0.0589. The van der Waals surface area contributed by atoms with Crippen LogP contribution in [0.2, 0.25) is 0 Å². The van der Waals surface area contributed by atoms with Gasteiger partial charge in [-0.05, 0) is 18.6 Å². The van der Waals surface area contributed by atoms with Gasteiger partial charge in [0, 0.05) is 16.5 Å². The Morgan fingerprint density at radius 1 is 0.950 bits per heavy atom. The normalized spacial score (nSPS) is 17.4. The van der Waals surface area contributed by atoms with Crippen LogP contribution in [0.15, 0.2) is 59.6 Å². The van der Waals surface area contributed by atoms with E-state index in [9.17, 15) is 0 Å². The molecule has 3 aromatic rings. The van der Waals surface area contributed by atoms with E-state index in [0.29, 0.717) is 0 Å².